The van der Waals surface area contributed by atoms with E-state index in [0.29, 0.717) is 22.6 Å². The van der Waals surface area contributed by atoms with Crippen LogP contribution in [0, 0.1) is 5.92 Å². The van der Waals surface area contributed by atoms with Crippen LogP contribution < -0.4 is 15.8 Å². The Kier molecular flexibility index (Phi) is 5.97. The molecule has 4 N–H and O–H groups in total. The zero-order chi connectivity index (χ0) is 15.3. The molecule has 0 aromatic heterocycles. The van der Waals surface area contributed by atoms with E-state index in [4.69, 9.17) is 5.73 Å². The molecule has 8 heteroatoms. The first-order chi connectivity index (χ1) is 9.22. The van der Waals surface area contributed by atoms with Crippen molar-refractivity contribution >= 4 is 37.5 Å². The molecule has 112 valence electrons. The molecule has 1 aromatic carbocycles. The zero-order valence-corrected chi connectivity index (χ0v) is 13.7. The number of carbonyl (C=O) groups excluding carboxylic acids is 1. The number of halogens is 1. The first-order valence-electron chi connectivity index (χ1n) is 6.04. The molecule has 0 atom stereocenters. The SMILES string of the molecule is CC(C)CNC(=O)CNS(=O)(=O)c1cc(N)ccc1Br. The lowest BCUT2D eigenvalue weighted by Gasteiger charge is -2.10. The highest BCUT2D eigenvalue weighted by atomic mass is 79.9. The van der Waals surface area contributed by atoms with Crippen LogP contribution in [0.1, 0.15) is 13.8 Å². The molecule has 0 unspecified atom stereocenters. The quantitative estimate of drug-likeness (QED) is 0.658. The van der Waals surface area contributed by atoms with Gasteiger partial charge in [-0.2, -0.15) is 0 Å². The van der Waals surface area contributed by atoms with Crippen molar-refractivity contribution in [2.24, 2.45) is 5.92 Å². The minimum atomic E-state index is -3.78. The van der Waals surface area contributed by atoms with Crippen molar-refractivity contribution in [2.45, 2.75) is 18.7 Å². The molecule has 20 heavy (non-hydrogen) atoms. The fraction of sp³-hybridized carbons (Fsp3) is 0.417. The molecular formula is C12H18BrN3O3S. The molecule has 0 radical (unpaired) electrons. The number of anilines is 1. The molecule has 0 aliphatic rings. The number of nitrogens with two attached hydrogens (primary N) is 1. The third-order valence-electron chi connectivity index (χ3n) is 2.38. The first kappa shape index (κ1) is 16.9. The predicted octanol–water partition coefficient (Wildman–Crippen LogP) is 1.08. The Labute approximate surface area is 127 Å². The van der Waals surface area contributed by atoms with Crippen LogP contribution in [-0.4, -0.2) is 27.4 Å². The maximum atomic E-state index is 12.1. The van der Waals surface area contributed by atoms with E-state index in [1.165, 1.54) is 6.07 Å². The fourth-order valence-corrected chi connectivity index (χ4v) is 3.32. The van der Waals surface area contributed by atoms with E-state index >= 15 is 0 Å². The van der Waals surface area contributed by atoms with Crippen molar-refractivity contribution in [1.29, 1.82) is 0 Å². The van der Waals surface area contributed by atoms with Crippen molar-refractivity contribution < 1.29 is 13.2 Å². The average Bonchev–Trinajstić information content (AvgIpc) is 2.36. The van der Waals surface area contributed by atoms with Crippen LogP contribution >= 0.6 is 15.9 Å². The Bertz CT molecular complexity index is 588. The largest absolute Gasteiger partial charge is 0.399 e. The standard InChI is InChI=1S/C12H18BrN3O3S/c1-8(2)6-15-12(17)7-16-20(18,19)11-5-9(14)3-4-10(11)13/h3-5,8,16H,6-7,14H2,1-2H3,(H,15,17). The minimum absolute atomic E-state index is 0.00848. The summed E-state index contributed by atoms with van der Waals surface area (Å²) < 4.78 is 26.8. The highest BCUT2D eigenvalue weighted by Gasteiger charge is 2.18. The van der Waals surface area contributed by atoms with E-state index in [-0.39, 0.29) is 17.3 Å². The molecule has 0 heterocycles. The topological polar surface area (TPSA) is 101 Å². The van der Waals surface area contributed by atoms with Gasteiger partial charge in [0.25, 0.3) is 0 Å². The van der Waals surface area contributed by atoms with Crippen LogP contribution in [0.3, 0.4) is 0 Å². The van der Waals surface area contributed by atoms with Gasteiger partial charge in [0.2, 0.25) is 15.9 Å². The first-order valence-corrected chi connectivity index (χ1v) is 8.31. The van der Waals surface area contributed by atoms with E-state index < -0.39 is 10.0 Å². The normalized spacial score (nSPS) is 11.6. The summed E-state index contributed by atoms with van der Waals surface area (Å²) in [5, 5.41) is 2.63. The van der Waals surface area contributed by atoms with Gasteiger partial charge in [0, 0.05) is 16.7 Å². The van der Waals surface area contributed by atoms with Crippen LogP contribution in [0.5, 0.6) is 0 Å². The van der Waals surface area contributed by atoms with Crippen molar-refractivity contribution in [3.63, 3.8) is 0 Å². The Hall–Kier alpha value is -1.12. The smallest absolute Gasteiger partial charge is 0.242 e. The van der Waals surface area contributed by atoms with Crippen LogP contribution in [0.25, 0.3) is 0 Å². The van der Waals surface area contributed by atoms with Crippen molar-refractivity contribution in [3.8, 4) is 0 Å². The van der Waals surface area contributed by atoms with Gasteiger partial charge < -0.3 is 11.1 Å². The number of hydrogen-bond donors (Lipinski definition) is 3. The predicted molar refractivity (Wildman–Crippen MR) is 81.6 cm³/mol. The molecular weight excluding hydrogens is 346 g/mol. The Balaban J connectivity index is 2.71. The van der Waals surface area contributed by atoms with Crippen molar-refractivity contribution in [1.82, 2.24) is 10.0 Å². The van der Waals surface area contributed by atoms with E-state index in [1.807, 2.05) is 13.8 Å². The number of sulfonamides is 1. The number of nitrogen functional groups attached to an aromatic ring is 1. The van der Waals surface area contributed by atoms with Crippen molar-refractivity contribution in [2.75, 3.05) is 18.8 Å². The van der Waals surface area contributed by atoms with E-state index in [9.17, 15) is 13.2 Å². The van der Waals surface area contributed by atoms with Gasteiger partial charge in [-0.05, 0) is 40.0 Å². The summed E-state index contributed by atoms with van der Waals surface area (Å²) in [7, 11) is -3.78. The van der Waals surface area contributed by atoms with E-state index in [1.54, 1.807) is 12.1 Å². The molecule has 1 aromatic rings. The molecule has 1 amide bonds. The second-order valence-electron chi connectivity index (χ2n) is 4.71. The summed E-state index contributed by atoms with van der Waals surface area (Å²) in [6, 6.07) is 4.46. The molecule has 0 spiro atoms. The third-order valence-corrected chi connectivity index (χ3v) is 4.77. The number of benzene rings is 1. The van der Waals surface area contributed by atoms with Crippen molar-refractivity contribution in [3.05, 3.63) is 22.7 Å². The lowest BCUT2D eigenvalue weighted by Crippen LogP contribution is -2.38. The molecule has 0 saturated heterocycles. The van der Waals surface area contributed by atoms with E-state index in [2.05, 4.69) is 26.0 Å². The highest BCUT2D eigenvalue weighted by Crippen LogP contribution is 2.23. The van der Waals surface area contributed by atoms with Gasteiger partial charge in [-0.1, -0.05) is 13.8 Å². The van der Waals surface area contributed by atoms with Crippen LogP contribution in [0.2, 0.25) is 0 Å². The van der Waals surface area contributed by atoms with Crippen LogP contribution in [0.4, 0.5) is 5.69 Å². The number of hydrogen-bond acceptors (Lipinski definition) is 4. The highest BCUT2D eigenvalue weighted by molar-refractivity contribution is 9.10. The van der Waals surface area contributed by atoms with Gasteiger partial charge in [-0.25, -0.2) is 13.1 Å². The fourth-order valence-electron chi connectivity index (χ4n) is 1.34. The second kappa shape index (κ2) is 7.05. The Morgan fingerprint density at radius 1 is 1.40 bits per heavy atom. The molecule has 6 nitrogen and oxygen atoms in total. The number of amides is 1. The number of carbonyl (C=O) groups is 1. The maximum absolute atomic E-state index is 12.1. The van der Waals surface area contributed by atoms with Gasteiger partial charge in [-0.15, -0.1) is 0 Å². The summed E-state index contributed by atoms with van der Waals surface area (Å²) in [6.07, 6.45) is 0. The summed E-state index contributed by atoms with van der Waals surface area (Å²) in [5.74, 6) is -0.0686. The van der Waals surface area contributed by atoms with Crippen LogP contribution in [-0.2, 0) is 14.8 Å². The summed E-state index contributed by atoms with van der Waals surface area (Å²) in [4.78, 5) is 11.5. The van der Waals surface area contributed by atoms with Gasteiger partial charge in [0.15, 0.2) is 0 Å². The average molecular weight is 364 g/mol. The van der Waals surface area contributed by atoms with Gasteiger partial charge in [-0.3, -0.25) is 4.79 Å². The summed E-state index contributed by atoms with van der Waals surface area (Å²) in [5.41, 5.74) is 5.90. The number of rotatable bonds is 6. The molecule has 0 bridgehead atoms. The Morgan fingerprint density at radius 2 is 2.05 bits per heavy atom. The lowest BCUT2D eigenvalue weighted by atomic mass is 10.2. The third kappa shape index (κ3) is 5.10. The molecule has 0 saturated carbocycles. The van der Waals surface area contributed by atoms with Crippen LogP contribution in [0.15, 0.2) is 27.6 Å². The minimum Gasteiger partial charge on any atom is -0.399 e. The summed E-state index contributed by atoms with van der Waals surface area (Å²) >= 11 is 3.15. The van der Waals surface area contributed by atoms with Gasteiger partial charge >= 0.3 is 0 Å². The molecule has 0 aliphatic heterocycles. The number of nitrogens with one attached hydrogen (secondary N) is 2. The molecule has 0 fully saturated rings. The van der Waals surface area contributed by atoms with Gasteiger partial charge in [0.1, 0.15) is 0 Å². The second-order valence-corrected chi connectivity index (χ2v) is 7.30. The summed E-state index contributed by atoms with van der Waals surface area (Å²) in [6.45, 7) is 4.10. The zero-order valence-electron chi connectivity index (χ0n) is 11.3. The maximum Gasteiger partial charge on any atom is 0.242 e. The van der Waals surface area contributed by atoms with E-state index in [0.717, 1.165) is 0 Å². The lowest BCUT2D eigenvalue weighted by molar-refractivity contribution is -0.120. The Morgan fingerprint density at radius 3 is 2.65 bits per heavy atom. The monoisotopic (exact) mass is 363 g/mol. The molecule has 0 aliphatic carbocycles. The van der Waals surface area contributed by atoms with Gasteiger partial charge in [0.05, 0.1) is 11.4 Å². The molecule has 1 rings (SSSR count).